The summed E-state index contributed by atoms with van der Waals surface area (Å²) in [5.74, 6) is 0.242. The Morgan fingerprint density at radius 2 is 1.67 bits per heavy atom. The minimum Gasteiger partial charge on any atom is -0.482 e. The molecule has 0 unspecified atom stereocenters. The Labute approximate surface area is 154 Å². The van der Waals surface area contributed by atoms with Crippen LogP contribution in [0.5, 0.6) is 17.2 Å². The van der Waals surface area contributed by atoms with Crippen LogP contribution < -0.4 is 14.2 Å². The fourth-order valence-electron chi connectivity index (χ4n) is 2.80. The molecule has 0 aliphatic carbocycles. The van der Waals surface area contributed by atoms with Crippen LogP contribution in [0.2, 0.25) is 0 Å². The second-order valence-corrected chi connectivity index (χ2v) is 6.16. The lowest BCUT2D eigenvalue weighted by molar-refractivity contribution is -0.275. The van der Waals surface area contributed by atoms with Gasteiger partial charge in [0.1, 0.15) is 11.9 Å². The van der Waals surface area contributed by atoms with Crippen LogP contribution in [0.15, 0.2) is 48.5 Å². The van der Waals surface area contributed by atoms with Crippen molar-refractivity contribution in [2.24, 2.45) is 0 Å². The van der Waals surface area contributed by atoms with Crippen molar-refractivity contribution < 1.29 is 32.2 Å². The van der Waals surface area contributed by atoms with Crippen molar-refractivity contribution in [3.63, 3.8) is 0 Å². The van der Waals surface area contributed by atoms with Gasteiger partial charge in [0.15, 0.2) is 11.5 Å². The van der Waals surface area contributed by atoms with Gasteiger partial charge in [-0.1, -0.05) is 30.3 Å². The lowest BCUT2D eigenvalue weighted by Crippen LogP contribution is -2.49. The van der Waals surface area contributed by atoms with E-state index in [0.29, 0.717) is 11.5 Å². The third-order valence-corrected chi connectivity index (χ3v) is 4.07. The second-order valence-electron chi connectivity index (χ2n) is 6.16. The highest BCUT2D eigenvalue weighted by molar-refractivity contribution is 5.82. The first-order valence-electron chi connectivity index (χ1n) is 8.25. The number of carbonyl (C=O) groups excluding carboxylic acids is 1. The third-order valence-electron chi connectivity index (χ3n) is 4.07. The maximum Gasteiger partial charge on any atom is 0.573 e. The molecule has 1 amide bonds. The Bertz CT molecular complexity index is 825. The Balaban J connectivity index is 1.74. The molecule has 1 heterocycles. The fourth-order valence-corrected chi connectivity index (χ4v) is 2.80. The Hall–Kier alpha value is -2.90. The number of halogens is 3. The van der Waals surface area contributed by atoms with E-state index in [4.69, 9.17) is 9.47 Å². The zero-order chi connectivity index (χ0) is 19.6. The molecule has 2 aromatic carbocycles. The largest absolute Gasteiger partial charge is 0.573 e. The molecule has 144 valence electrons. The van der Waals surface area contributed by atoms with Gasteiger partial charge in [0, 0.05) is 19.2 Å². The number of nitrogens with zero attached hydrogens (tertiary/aromatic N) is 1. The molecule has 0 saturated carbocycles. The number of para-hydroxylation sites is 3. The topological polar surface area (TPSA) is 48.0 Å². The quantitative estimate of drug-likeness (QED) is 0.809. The van der Waals surface area contributed by atoms with Crippen molar-refractivity contribution in [1.82, 2.24) is 4.90 Å². The predicted octanol–water partition coefficient (Wildman–Crippen LogP) is 3.77. The average molecular weight is 381 g/mol. The normalized spacial score (nSPS) is 18.7. The molecule has 27 heavy (non-hydrogen) atoms. The van der Waals surface area contributed by atoms with Gasteiger partial charge < -0.3 is 19.1 Å². The molecular weight excluding hydrogens is 363 g/mol. The molecule has 0 bridgehead atoms. The first-order valence-corrected chi connectivity index (χ1v) is 8.25. The van der Waals surface area contributed by atoms with E-state index in [1.54, 1.807) is 37.3 Å². The van der Waals surface area contributed by atoms with E-state index in [0.717, 1.165) is 0 Å². The van der Waals surface area contributed by atoms with Gasteiger partial charge in [-0.2, -0.15) is 0 Å². The Morgan fingerprint density at radius 3 is 2.33 bits per heavy atom. The van der Waals surface area contributed by atoms with Gasteiger partial charge >= 0.3 is 6.36 Å². The van der Waals surface area contributed by atoms with Crippen molar-refractivity contribution in [3.8, 4) is 17.2 Å². The minimum absolute atomic E-state index is 0.0701. The van der Waals surface area contributed by atoms with Gasteiger partial charge in [0.05, 0.1) is 0 Å². The van der Waals surface area contributed by atoms with Gasteiger partial charge in [0.25, 0.3) is 5.91 Å². The summed E-state index contributed by atoms with van der Waals surface area (Å²) in [5, 5.41) is 0. The van der Waals surface area contributed by atoms with Gasteiger partial charge in [-0.3, -0.25) is 4.79 Å². The van der Waals surface area contributed by atoms with E-state index in [-0.39, 0.29) is 17.9 Å². The standard InChI is InChI=1S/C19H18F3NO4/c1-12-17(26-16-10-6-5-9-15(16)25-12)18(24)23(2)11-13-7-3-4-8-14(13)27-19(20,21)22/h3-10,12,17H,11H2,1-2H3/t12-,17-/m1/s1. The molecule has 2 aromatic rings. The number of likely N-dealkylation sites (N-methyl/N-ethyl adjacent to an activating group) is 1. The van der Waals surface area contributed by atoms with Crippen LogP contribution in [0.3, 0.4) is 0 Å². The summed E-state index contributed by atoms with van der Waals surface area (Å²) < 4.78 is 53.2. The highest BCUT2D eigenvalue weighted by atomic mass is 19.4. The molecule has 0 N–H and O–H groups in total. The maximum absolute atomic E-state index is 12.8. The summed E-state index contributed by atoms with van der Waals surface area (Å²) in [6.07, 6.45) is -6.26. The number of fused-ring (bicyclic) bond motifs is 1. The molecule has 0 spiro atoms. The molecule has 2 atom stereocenters. The summed E-state index contributed by atoms with van der Waals surface area (Å²) in [6.45, 7) is 1.63. The smallest absolute Gasteiger partial charge is 0.482 e. The lowest BCUT2D eigenvalue weighted by atomic mass is 10.1. The SMILES string of the molecule is C[C@H]1Oc2ccccc2O[C@H]1C(=O)N(C)Cc1ccccc1OC(F)(F)F. The summed E-state index contributed by atoms with van der Waals surface area (Å²) >= 11 is 0. The summed E-state index contributed by atoms with van der Waals surface area (Å²) in [7, 11) is 1.49. The molecule has 0 radical (unpaired) electrons. The number of rotatable bonds is 4. The Morgan fingerprint density at radius 1 is 1.07 bits per heavy atom. The van der Waals surface area contributed by atoms with Crippen LogP contribution in [0, 0.1) is 0 Å². The van der Waals surface area contributed by atoms with Crippen LogP contribution in [-0.4, -0.2) is 36.4 Å². The average Bonchev–Trinajstić information content (AvgIpc) is 2.61. The van der Waals surface area contributed by atoms with E-state index in [2.05, 4.69) is 4.74 Å². The summed E-state index contributed by atoms with van der Waals surface area (Å²) in [6, 6.07) is 12.7. The summed E-state index contributed by atoms with van der Waals surface area (Å²) in [4.78, 5) is 14.1. The number of benzene rings is 2. The first-order chi connectivity index (χ1) is 12.7. The molecule has 0 aromatic heterocycles. The number of hydrogen-bond acceptors (Lipinski definition) is 4. The predicted molar refractivity (Wildman–Crippen MR) is 90.5 cm³/mol. The number of carbonyl (C=O) groups is 1. The van der Waals surface area contributed by atoms with E-state index >= 15 is 0 Å². The van der Waals surface area contributed by atoms with Crippen LogP contribution >= 0.6 is 0 Å². The first kappa shape index (κ1) is 18.9. The maximum atomic E-state index is 12.8. The number of ether oxygens (including phenoxy) is 3. The molecule has 3 rings (SSSR count). The molecule has 1 aliphatic rings. The van der Waals surface area contributed by atoms with Crippen molar-refractivity contribution in [3.05, 3.63) is 54.1 Å². The van der Waals surface area contributed by atoms with Crippen LogP contribution in [0.25, 0.3) is 0 Å². The Kier molecular flexibility index (Phi) is 5.16. The lowest BCUT2D eigenvalue weighted by Gasteiger charge is -2.33. The second kappa shape index (κ2) is 7.38. The van der Waals surface area contributed by atoms with Crippen molar-refractivity contribution in [1.29, 1.82) is 0 Å². The van der Waals surface area contributed by atoms with Crippen LogP contribution in [-0.2, 0) is 11.3 Å². The highest BCUT2D eigenvalue weighted by Crippen LogP contribution is 2.34. The van der Waals surface area contributed by atoms with Crippen molar-refractivity contribution >= 4 is 5.91 Å². The van der Waals surface area contributed by atoms with Gasteiger partial charge in [-0.25, -0.2) is 0 Å². The number of amides is 1. The van der Waals surface area contributed by atoms with E-state index in [1.807, 2.05) is 0 Å². The van der Waals surface area contributed by atoms with Gasteiger partial charge in [-0.05, 0) is 25.1 Å². The fraction of sp³-hybridized carbons (Fsp3) is 0.316. The highest BCUT2D eigenvalue weighted by Gasteiger charge is 2.36. The van der Waals surface area contributed by atoms with E-state index < -0.39 is 24.5 Å². The third kappa shape index (κ3) is 4.45. The van der Waals surface area contributed by atoms with E-state index in [1.165, 1.54) is 30.1 Å². The van der Waals surface area contributed by atoms with Crippen molar-refractivity contribution in [2.45, 2.75) is 32.0 Å². The van der Waals surface area contributed by atoms with Crippen LogP contribution in [0.4, 0.5) is 13.2 Å². The molecule has 8 heteroatoms. The van der Waals surface area contributed by atoms with E-state index in [9.17, 15) is 18.0 Å². The van der Waals surface area contributed by atoms with Gasteiger partial charge in [-0.15, -0.1) is 13.2 Å². The van der Waals surface area contributed by atoms with Crippen LogP contribution in [0.1, 0.15) is 12.5 Å². The molecule has 1 aliphatic heterocycles. The molecular formula is C19H18F3NO4. The van der Waals surface area contributed by atoms with Gasteiger partial charge in [0.2, 0.25) is 6.10 Å². The van der Waals surface area contributed by atoms with Crippen molar-refractivity contribution in [2.75, 3.05) is 7.05 Å². The zero-order valence-electron chi connectivity index (χ0n) is 14.7. The number of alkyl halides is 3. The number of hydrogen-bond donors (Lipinski definition) is 0. The zero-order valence-corrected chi connectivity index (χ0v) is 14.7. The monoisotopic (exact) mass is 381 g/mol. The minimum atomic E-state index is -4.81. The molecule has 5 nitrogen and oxygen atoms in total. The molecule has 0 fully saturated rings. The molecule has 0 saturated heterocycles. The summed E-state index contributed by atoms with van der Waals surface area (Å²) in [5.41, 5.74) is 0.232.